The SMILES string of the molecule is CSCCCCNC(C)CCc1cccc(C)c1. The van der Waals surface area contributed by atoms with Gasteiger partial charge >= 0.3 is 0 Å². The van der Waals surface area contributed by atoms with Crippen molar-refractivity contribution in [2.75, 3.05) is 18.6 Å². The number of aryl methyl sites for hydroxylation is 2. The minimum absolute atomic E-state index is 0.625. The largest absolute Gasteiger partial charge is 0.314 e. The van der Waals surface area contributed by atoms with E-state index in [1.807, 2.05) is 11.8 Å². The monoisotopic (exact) mass is 265 g/mol. The summed E-state index contributed by atoms with van der Waals surface area (Å²) in [5.74, 6) is 1.29. The molecule has 0 aromatic heterocycles. The van der Waals surface area contributed by atoms with Crippen LogP contribution in [0.1, 0.15) is 37.3 Å². The summed E-state index contributed by atoms with van der Waals surface area (Å²) < 4.78 is 0. The van der Waals surface area contributed by atoms with Crippen LogP contribution in [0.5, 0.6) is 0 Å². The van der Waals surface area contributed by atoms with Gasteiger partial charge in [-0.1, -0.05) is 29.8 Å². The van der Waals surface area contributed by atoms with Gasteiger partial charge in [-0.05, 0) is 63.6 Å². The lowest BCUT2D eigenvalue weighted by Crippen LogP contribution is -2.27. The first kappa shape index (κ1) is 15.6. The van der Waals surface area contributed by atoms with E-state index in [2.05, 4.69) is 49.7 Å². The van der Waals surface area contributed by atoms with E-state index in [4.69, 9.17) is 0 Å². The van der Waals surface area contributed by atoms with Crippen LogP contribution in [0.25, 0.3) is 0 Å². The van der Waals surface area contributed by atoms with Crippen LogP contribution in [-0.4, -0.2) is 24.6 Å². The molecule has 1 aromatic carbocycles. The average Bonchev–Trinajstić information content (AvgIpc) is 2.36. The first-order valence-corrected chi connectivity index (χ1v) is 8.39. The Morgan fingerprint density at radius 3 is 2.83 bits per heavy atom. The van der Waals surface area contributed by atoms with Gasteiger partial charge in [0.25, 0.3) is 0 Å². The zero-order valence-corrected chi connectivity index (χ0v) is 12.9. The number of nitrogens with one attached hydrogen (secondary N) is 1. The van der Waals surface area contributed by atoms with Crippen LogP contribution in [0.4, 0.5) is 0 Å². The first-order valence-electron chi connectivity index (χ1n) is 7.00. The lowest BCUT2D eigenvalue weighted by atomic mass is 10.0. The summed E-state index contributed by atoms with van der Waals surface area (Å²) >= 11 is 1.94. The smallest absolute Gasteiger partial charge is 0.00418 e. The normalized spacial score (nSPS) is 12.6. The maximum absolute atomic E-state index is 3.62. The van der Waals surface area contributed by atoms with E-state index >= 15 is 0 Å². The van der Waals surface area contributed by atoms with Crippen LogP contribution in [0.3, 0.4) is 0 Å². The number of thioether (sulfide) groups is 1. The molecular weight excluding hydrogens is 238 g/mol. The summed E-state index contributed by atoms with van der Waals surface area (Å²) in [6.45, 7) is 5.62. The van der Waals surface area contributed by atoms with Crippen molar-refractivity contribution >= 4 is 11.8 Å². The highest BCUT2D eigenvalue weighted by atomic mass is 32.2. The van der Waals surface area contributed by atoms with Crippen LogP contribution in [0, 0.1) is 6.92 Å². The second-order valence-corrected chi connectivity index (χ2v) is 6.07. The molecule has 18 heavy (non-hydrogen) atoms. The summed E-state index contributed by atoms with van der Waals surface area (Å²) in [4.78, 5) is 0. The van der Waals surface area contributed by atoms with Crippen LogP contribution >= 0.6 is 11.8 Å². The molecule has 0 aliphatic carbocycles. The molecule has 1 rings (SSSR count). The Balaban J connectivity index is 2.11. The number of unbranched alkanes of at least 4 members (excludes halogenated alkanes) is 1. The number of hydrogen-bond acceptors (Lipinski definition) is 2. The van der Waals surface area contributed by atoms with Gasteiger partial charge in [-0.3, -0.25) is 0 Å². The van der Waals surface area contributed by atoms with E-state index in [1.54, 1.807) is 0 Å². The molecule has 0 saturated carbocycles. The van der Waals surface area contributed by atoms with E-state index in [1.165, 1.54) is 42.6 Å². The van der Waals surface area contributed by atoms with Crippen molar-refractivity contribution in [1.82, 2.24) is 5.32 Å². The fourth-order valence-electron chi connectivity index (χ4n) is 2.07. The highest BCUT2D eigenvalue weighted by Crippen LogP contribution is 2.08. The summed E-state index contributed by atoms with van der Waals surface area (Å²) in [6.07, 6.45) is 7.22. The highest BCUT2D eigenvalue weighted by molar-refractivity contribution is 7.98. The Hall–Kier alpha value is -0.470. The van der Waals surface area contributed by atoms with Crippen molar-refractivity contribution in [3.63, 3.8) is 0 Å². The molecule has 1 nitrogen and oxygen atoms in total. The van der Waals surface area contributed by atoms with E-state index in [0.29, 0.717) is 6.04 Å². The molecule has 102 valence electrons. The number of benzene rings is 1. The summed E-state index contributed by atoms with van der Waals surface area (Å²) in [5.41, 5.74) is 2.83. The maximum atomic E-state index is 3.62. The van der Waals surface area contributed by atoms with Gasteiger partial charge < -0.3 is 5.32 Å². The van der Waals surface area contributed by atoms with Gasteiger partial charge in [0.1, 0.15) is 0 Å². The van der Waals surface area contributed by atoms with Crippen molar-refractivity contribution in [2.45, 2.75) is 45.6 Å². The zero-order valence-electron chi connectivity index (χ0n) is 12.0. The van der Waals surface area contributed by atoms with Gasteiger partial charge in [0.05, 0.1) is 0 Å². The molecule has 0 saturated heterocycles. The molecule has 0 aliphatic rings. The fraction of sp³-hybridized carbons (Fsp3) is 0.625. The van der Waals surface area contributed by atoms with Crippen molar-refractivity contribution < 1.29 is 0 Å². The molecule has 0 heterocycles. The molecule has 2 heteroatoms. The average molecular weight is 265 g/mol. The molecule has 0 bridgehead atoms. The second kappa shape index (κ2) is 9.46. The summed E-state index contributed by atoms with van der Waals surface area (Å²) in [7, 11) is 0. The van der Waals surface area contributed by atoms with Crippen LogP contribution in [0.15, 0.2) is 24.3 Å². The Kier molecular flexibility index (Phi) is 8.19. The van der Waals surface area contributed by atoms with Gasteiger partial charge in [0, 0.05) is 6.04 Å². The Morgan fingerprint density at radius 1 is 1.28 bits per heavy atom. The van der Waals surface area contributed by atoms with Gasteiger partial charge in [-0.15, -0.1) is 0 Å². The molecule has 1 aromatic rings. The lowest BCUT2D eigenvalue weighted by Gasteiger charge is -2.13. The van der Waals surface area contributed by atoms with Crippen molar-refractivity contribution in [2.24, 2.45) is 0 Å². The quantitative estimate of drug-likeness (QED) is 0.676. The molecular formula is C16H27NS. The second-order valence-electron chi connectivity index (χ2n) is 5.08. The summed E-state index contributed by atoms with van der Waals surface area (Å²) in [5, 5.41) is 3.62. The van der Waals surface area contributed by atoms with Crippen LogP contribution in [-0.2, 0) is 6.42 Å². The van der Waals surface area contributed by atoms with Gasteiger partial charge in [0.2, 0.25) is 0 Å². The number of rotatable bonds is 9. The lowest BCUT2D eigenvalue weighted by molar-refractivity contribution is 0.505. The minimum atomic E-state index is 0.625. The first-order chi connectivity index (χ1) is 8.72. The van der Waals surface area contributed by atoms with Crippen molar-refractivity contribution in [3.8, 4) is 0 Å². The van der Waals surface area contributed by atoms with Crippen LogP contribution < -0.4 is 5.32 Å². The molecule has 1 N–H and O–H groups in total. The van der Waals surface area contributed by atoms with E-state index in [0.717, 1.165) is 6.54 Å². The third-order valence-electron chi connectivity index (χ3n) is 3.22. The van der Waals surface area contributed by atoms with Gasteiger partial charge in [-0.2, -0.15) is 11.8 Å². The minimum Gasteiger partial charge on any atom is -0.314 e. The molecule has 0 amide bonds. The summed E-state index contributed by atoms with van der Waals surface area (Å²) in [6, 6.07) is 9.48. The maximum Gasteiger partial charge on any atom is 0.00418 e. The number of hydrogen-bond donors (Lipinski definition) is 1. The molecule has 0 aliphatic heterocycles. The molecule has 0 radical (unpaired) electrons. The predicted molar refractivity (Wildman–Crippen MR) is 84.6 cm³/mol. The third-order valence-corrected chi connectivity index (χ3v) is 3.91. The van der Waals surface area contributed by atoms with E-state index in [-0.39, 0.29) is 0 Å². The molecule has 1 unspecified atom stereocenters. The predicted octanol–water partition coefficient (Wildman–Crippen LogP) is 4.05. The Morgan fingerprint density at radius 2 is 2.11 bits per heavy atom. The van der Waals surface area contributed by atoms with Crippen molar-refractivity contribution in [1.29, 1.82) is 0 Å². The highest BCUT2D eigenvalue weighted by Gasteiger charge is 2.01. The van der Waals surface area contributed by atoms with Gasteiger partial charge in [0.15, 0.2) is 0 Å². The van der Waals surface area contributed by atoms with Crippen molar-refractivity contribution in [3.05, 3.63) is 35.4 Å². The van der Waals surface area contributed by atoms with Crippen LogP contribution in [0.2, 0.25) is 0 Å². The Labute approximate surface area is 117 Å². The van der Waals surface area contributed by atoms with Gasteiger partial charge in [-0.25, -0.2) is 0 Å². The molecule has 0 fully saturated rings. The van der Waals surface area contributed by atoms with E-state index in [9.17, 15) is 0 Å². The zero-order chi connectivity index (χ0) is 13.2. The topological polar surface area (TPSA) is 12.0 Å². The Bertz CT molecular complexity index is 325. The third kappa shape index (κ3) is 7.07. The molecule has 1 atom stereocenters. The fourth-order valence-corrected chi connectivity index (χ4v) is 2.57. The standard InChI is InChI=1S/C16H27NS/c1-14-7-6-8-16(13-14)10-9-15(2)17-11-4-5-12-18-3/h6-8,13,15,17H,4-5,9-12H2,1-3H3. The molecule has 0 spiro atoms. The van der Waals surface area contributed by atoms with E-state index < -0.39 is 0 Å².